The first-order chi connectivity index (χ1) is 11.6. The number of hydrogen-bond acceptors (Lipinski definition) is 3. The number of benzene rings is 2. The van der Waals surface area contributed by atoms with Gasteiger partial charge in [-0.05, 0) is 42.3 Å². The molecule has 0 bridgehead atoms. The molecule has 3 rings (SSSR count). The molecule has 1 aromatic heterocycles. The van der Waals surface area contributed by atoms with Gasteiger partial charge in [0.05, 0.1) is 12.8 Å². The Hall–Kier alpha value is -2.04. The predicted molar refractivity (Wildman–Crippen MR) is 102 cm³/mol. The van der Waals surface area contributed by atoms with E-state index in [2.05, 4.69) is 39.4 Å². The van der Waals surface area contributed by atoms with Gasteiger partial charge >= 0.3 is 0 Å². The highest BCUT2D eigenvalue weighted by Gasteiger charge is 2.05. The van der Waals surface area contributed by atoms with Gasteiger partial charge in [-0.3, -0.25) is 0 Å². The SMILES string of the molecule is Cc1ccc(-c2ccc(/C=N\NCc3ccccc3Cl)o2)cc1Br. The third-order valence-electron chi connectivity index (χ3n) is 3.59. The van der Waals surface area contributed by atoms with Crippen molar-refractivity contribution in [2.24, 2.45) is 5.10 Å². The molecular weight excluding hydrogens is 388 g/mol. The molecule has 5 heteroatoms. The van der Waals surface area contributed by atoms with E-state index in [4.69, 9.17) is 16.0 Å². The summed E-state index contributed by atoms with van der Waals surface area (Å²) in [5.74, 6) is 1.50. The fourth-order valence-electron chi connectivity index (χ4n) is 2.21. The molecule has 0 spiro atoms. The van der Waals surface area contributed by atoms with Gasteiger partial charge in [0.2, 0.25) is 0 Å². The van der Waals surface area contributed by atoms with Crippen LogP contribution in [0.4, 0.5) is 0 Å². The number of halogens is 2. The second kappa shape index (κ2) is 7.69. The standard InChI is InChI=1S/C19H16BrClN2O/c1-13-6-7-14(10-17(13)20)19-9-8-16(24-19)12-23-22-11-15-4-2-3-5-18(15)21/h2-10,12,22H,11H2,1H3/b23-12-. The Morgan fingerprint density at radius 2 is 2.00 bits per heavy atom. The quantitative estimate of drug-likeness (QED) is 0.432. The first-order valence-electron chi connectivity index (χ1n) is 7.49. The molecule has 0 aliphatic rings. The summed E-state index contributed by atoms with van der Waals surface area (Å²) in [5.41, 5.74) is 6.19. The molecule has 0 aliphatic carbocycles. The lowest BCUT2D eigenvalue weighted by Crippen LogP contribution is -2.05. The maximum Gasteiger partial charge on any atom is 0.147 e. The van der Waals surface area contributed by atoms with E-state index in [1.54, 1.807) is 6.21 Å². The Morgan fingerprint density at radius 1 is 1.17 bits per heavy atom. The van der Waals surface area contributed by atoms with Gasteiger partial charge in [-0.15, -0.1) is 0 Å². The summed E-state index contributed by atoms with van der Waals surface area (Å²) in [4.78, 5) is 0. The monoisotopic (exact) mass is 402 g/mol. The number of nitrogens with zero attached hydrogens (tertiary/aromatic N) is 1. The molecule has 0 radical (unpaired) electrons. The Labute approximate surface area is 154 Å². The lowest BCUT2D eigenvalue weighted by molar-refractivity contribution is 0.573. The van der Waals surface area contributed by atoms with E-state index in [0.717, 1.165) is 26.4 Å². The fourth-order valence-corrected chi connectivity index (χ4v) is 2.79. The van der Waals surface area contributed by atoms with Crippen LogP contribution in [0.1, 0.15) is 16.9 Å². The molecule has 2 aromatic carbocycles. The second-order valence-electron chi connectivity index (χ2n) is 5.35. The minimum atomic E-state index is 0.564. The van der Waals surface area contributed by atoms with Crippen LogP contribution in [0.5, 0.6) is 0 Å². The largest absolute Gasteiger partial charge is 0.455 e. The molecule has 0 atom stereocenters. The molecule has 122 valence electrons. The van der Waals surface area contributed by atoms with Crippen LogP contribution in [0, 0.1) is 6.92 Å². The number of aryl methyl sites for hydroxylation is 1. The predicted octanol–water partition coefficient (Wildman–Crippen LogP) is 5.79. The van der Waals surface area contributed by atoms with Gasteiger partial charge in [-0.2, -0.15) is 5.10 Å². The third-order valence-corrected chi connectivity index (χ3v) is 4.82. The summed E-state index contributed by atoms with van der Waals surface area (Å²) < 4.78 is 6.87. The highest BCUT2D eigenvalue weighted by Crippen LogP contribution is 2.26. The normalized spacial score (nSPS) is 11.1. The van der Waals surface area contributed by atoms with E-state index in [9.17, 15) is 0 Å². The van der Waals surface area contributed by atoms with E-state index in [-0.39, 0.29) is 0 Å². The van der Waals surface area contributed by atoms with Crippen molar-refractivity contribution >= 4 is 33.7 Å². The zero-order valence-electron chi connectivity index (χ0n) is 13.1. The van der Waals surface area contributed by atoms with Gasteiger partial charge in [-0.25, -0.2) is 0 Å². The molecule has 1 heterocycles. The summed E-state index contributed by atoms with van der Waals surface area (Å²) in [6.45, 7) is 2.62. The summed E-state index contributed by atoms with van der Waals surface area (Å²) in [5, 5.41) is 4.91. The van der Waals surface area contributed by atoms with Gasteiger partial charge in [0.25, 0.3) is 0 Å². The van der Waals surface area contributed by atoms with Crippen molar-refractivity contribution in [3.8, 4) is 11.3 Å². The van der Waals surface area contributed by atoms with Crippen molar-refractivity contribution in [3.05, 3.63) is 81.0 Å². The molecular formula is C19H16BrClN2O. The zero-order chi connectivity index (χ0) is 16.9. The molecule has 0 amide bonds. The molecule has 0 fully saturated rings. The van der Waals surface area contributed by atoms with Crippen LogP contribution in [0.2, 0.25) is 5.02 Å². The summed E-state index contributed by atoms with van der Waals surface area (Å²) in [6.07, 6.45) is 1.66. The number of nitrogens with one attached hydrogen (secondary N) is 1. The van der Waals surface area contributed by atoms with E-state index in [0.29, 0.717) is 12.3 Å². The molecule has 0 saturated heterocycles. The average molecular weight is 404 g/mol. The molecule has 0 saturated carbocycles. The number of furan rings is 1. The van der Waals surface area contributed by atoms with Crippen LogP contribution < -0.4 is 5.43 Å². The van der Waals surface area contributed by atoms with E-state index in [1.165, 1.54) is 5.56 Å². The van der Waals surface area contributed by atoms with Crippen molar-refractivity contribution in [2.75, 3.05) is 0 Å². The maximum absolute atomic E-state index is 6.10. The highest BCUT2D eigenvalue weighted by molar-refractivity contribution is 9.10. The third kappa shape index (κ3) is 4.08. The first kappa shape index (κ1) is 16.8. The minimum absolute atomic E-state index is 0.564. The van der Waals surface area contributed by atoms with E-state index in [1.807, 2.05) is 48.5 Å². The first-order valence-corrected chi connectivity index (χ1v) is 8.66. The van der Waals surface area contributed by atoms with Crippen molar-refractivity contribution in [1.29, 1.82) is 0 Å². The number of hydrogen-bond donors (Lipinski definition) is 1. The molecule has 0 aliphatic heterocycles. The van der Waals surface area contributed by atoms with E-state index >= 15 is 0 Å². The van der Waals surface area contributed by atoms with Crippen LogP contribution in [-0.4, -0.2) is 6.21 Å². The Kier molecular flexibility index (Phi) is 5.38. The summed E-state index contributed by atoms with van der Waals surface area (Å²) >= 11 is 9.64. The lowest BCUT2D eigenvalue weighted by atomic mass is 10.1. The van der Waals surface area contributed by atoms with Crippen molar-refractivity contribution in [2.45, 2.75) is 13.5 Å². The average Bonchev–Trinajstić information content (AvgIpc) is 3.04. The van der Waals surface area contributed by atoms with Gasteiger partial charge in [0.15, 0.2) is 0 Å². The van der Waals surface area contributed by atoms with Gasteiger partial charge < -0.3 is 9.84 Å². The molecule has 3 aromatic rings. The zero-order valence-corrected chi connectivity index (χ0v) is 15.4. The second-order valence-corrected chi connectivity index (χ2v) is 6.61. The molecule has 3 nitrogen and oxygen atoms in total. The summed E-state index contributed by atoms with van der Waals surface area (Å²) in [7, 11) is 0. The molecule has 0 unspecified atom stereocenters. The summed E-state index contributed by atoms with van der Waals surface area (Å²) in [6, 6.07) is 17.7. The number of hydrazone groups is 1. The lowest BCUT2D eigenvalue weighted by Gasteiger charge is -2.02. The van der Waals surface area contributed by atoms with E-state index < -0.39 is 0 Å². The van der Waals surface area contributed by atoms with Gasteiger partial charge in [0, 0.05) is 15.1 Å². The van der Waals surface area contributed by atoms with Crippen molar-refractivity contribution < 1.29 is 4.42 Å². The topological polar surface area (TPSA) is 37.5 Å². The molecule has 24 heavy (non-hydrogen) atoms. The van der Waals surface area contributed by atoms with Gasteiger partial charge in [-0.1, -0.05) is 57.9 Å². The van der Waals surface area contributed by atoms with Crippen LogP contribution in [-0.2, 0) is 6.54 Å². The highest BCUT2D eigenvalue weighted by atomic mass is 79.9. The van der Waals surface area contributed by atoms with Crippen molar-refractivity contribution in [1.82, 2.24) is 5.43 Å². The Balaban J connectivity index is 1.63. The smallest absolute Gasteiger partial charge is 0.147 e. The van der Waals surface area contributed by atoms with Crippen LogP contribution in [0.25, 0.3) is 11.3 Å². The van der Waals surface area contributed by atoms with Gasteiger partial charge in [0.1, 0.15) is 11.5 Å². The molecule has 1 N–H and O–H groups in total. The Morgan fingerprint density at radius 3 is 2.79 bits per heavy atom. The number of rotatable bonds is 5. The fraction of sp³-hybridized carbons (Fsp3) is 0.105. The Bertz CT molecular complexity index is 873. The van der Waals surface area contributed by atoms with Crippen molar-refractivity contribution in [3.63, 3.8) is 0 Å². The van der Waals surface area contributed by atoms with Crippen LogP contribution in [0.15, 0.2) is 68.6 Å². The van der Waals surface area contributed by atoms with Crippen LogP contribution >= 0.6 is 27.5 Å². The van der Waals surface area contributed by atoms with Crippen LogP contribution in [0.3, 0.4) is 0 Å². The maximum atomic E-state index is 6.10. The minimum Gasteiger partial charge on any atom is -0.455 e.